The summed E-state index contributed by atoms with van der Waals surface area (Å²) in [7, 11) is 1.21. The minimum absolute atomic E-state index is 0.0254. The quantitative estimate of drug-likeness (QED) is 0.262. The van der Waals surface area contributed by atoms with Gasteiger partial charge < -0.3 is 14.6 Å². The molecule has 0 aromatic heterocycles. The van der Waals surface area contributed by atoms with E-state index in [1.54, 1.807) is 0 Å². The van der Waals surface area contributed by atoms with Gasteiger partial charge in [0.1, 0.15) is 0 Å². The largest absolute Gasteiger partial charge is 0.478 e. The van der Waals surface area contributed by atoms with Crippen molar-refractivity contribution in [2.45, 2.75) is 52.4 Å². The maximum Gasteiger partial charge on any atom is 0.337 e. The molecule has 0 rings (SSSR count). The maximum absolute atomic E-state index is 10.7. The zero-order valence-corrected chi connectivity index (χ0v) is 15.5. The number of carbonyl (C=O) groups is 3. The van der Waals surface area contributed by atoms with Crippen molar-refractivity contribution in [1.29, 1.82) is 0 Å². The highest BCUT2D eigenvalue weighted by Crippen LogP contribution is 2.05. The molecule has 0 fully saturated rings. The molecule has 0 saturated heterocycles. The average Bonchev–Trinajstić information content (AvgIpc) is 2.60. The smallest absolute Gasteiger partial charge is 0.337 e. The first-order chi connectivity index (χ1) is 11.8. The third kappa shape index (κ3) is 16.3. The number of esters is 2. The van der Waals surface area contributed by atoms with Crippen LogP contribution in [0, 0.1) is 0 Å². The molecule has 0 aliphatic rings. The average molecular weight is 354 g/mol. The Morgan fingerprint density at radius 3 is 2.12 bits per heavy atom. The third-order valence-corrected chi connectivity index (χ3v) is 3.08. The summed E-state index contributed by atoms with van der Waals surface area (Å²) in [4.78, 5) is 31.6. The van der Waals surface area contributed by atoms with E-state index >= 15 is 0 Å². The van der Waals surface area contributed by atoms with Gasteiger partial charge in [0, 0.05) is 11.6 Å². The number of ether oxygens (including phenoxy) is 2. The van der Waals surface area contributed by atoms with Gasteiger partial charge in [0.2, 0.25) is 0 Å². The van der Waals surface area contributed by atoms with E-state index in [2.05, 4.69) is 24.8 Å². The summed E-state index contributed by atoms with van der Waals surface area (Å²) in [6, 6.07) is 0. The van der Waals surface area contributed by atoms with Gasteiger partial charge in [-0.05, 0) is 19.4 Å². The molecule has 0 heterocycles. The fourth-order valence-corrected chi connectivity index (χ4v) is 1.63. The minimum Gasteiger partial charge on any atom is -0.478 e. The molecular formula is C19H30O6. The van der Waals surface area contributed by atoms with E-state index < -0.39 is 11.9 Å². The fourth-order valence-electron chi connectivity index (χ4n) is 1.63. The Balaban J connectivity index is 0. The van der Waals surface area contributed by atoms with Crippen molar-refractivity contribution in [1.82, 2.24) is 0 Å². The summed E-state index contributed by atoms with van der Waals surface area (Å²) in [5.41, 5.74) is 0.0720. The molecule has 6 heteroatoms. The first-order valence-electron chi connectivity index (χ1n) is 8.28. The van der Waals surface area contributed by atoms with Crippen LogP contribution >= 0.6 is 0 Å². The summed E-state index contributed by atoms with van der Waals surface area (Å²) in [6.45, 7) is 10.8. The van der Waals surface area contributed by atoms with Crippen LogP contribution < -0.4 is 0 Å². The summed E-state index contributed by atoms with van der Waals surface area (Å²) in [5, 5.41) is 8.42. The lowest BCUT2D eigenvalue weighted by Crippen LogP contribution is -2.04. The summed E-state index contributed by atoms with van der Waals surface area (Å²) < 4.78 is 9.16. The Morgan fingerprint density at radius 1 is 1.08 bits per heavy atom. The van der Waals surface area contributed by atoms with Crippen molar-refractivity contribution < 1.29 is 29.0 Å². The van der Waals surface area contributed by atoms with Gasteiger partial charge in [-0.25, -0.2) is 14.4 Å². The zero-order valence-electron chi connectivity index (χ0n) is 15.5. The molecule has 25 heavy (non-hydrogen) atoms. The SMILES string of the molecule is C=C(C=C(C)C(=O)O)C(=O)OC.C=CC(=O)OCCCCCCCC. The summed E-state index contributed by atoms with van der Waals surface area (Å²) in [5.74, 6) is -2.02. The molecule has 0 aliphatic heterocycles. The second kappa shape index (κ2) is 16.5. The van der Waals surface area contributed by atoms with E-state index in [1.807, 2.05) is 0 Å². The van der Waals surface area contributed by atoms with Crippen LogP contribution in [-0.2, 0) is 23.9 Å². The number of unbranched alkanes of at least 4 members (excludes halogenated alkanes) is 5. The van der Waals surface area contributed by atoms with Crippen LogP contribution in [0.25, 0.3) is 0 Å². The molecule has 0 unspecified atom stereocenters. The van der Waals surface area contributed by atoms with E-state index in [4.69, 9.17) is 9.84 Å². The van der Waals surface area contributed by atoms with E-state index in [-0.39, 0.29) is 17.1 Å². The molecule has 0 aromatic carbocycles. The number of hydrogen-bond donors (Lipinski definition) is 1. The third-order valence-electron chi connectivity index (χ3n) is 3.08. The van der Waals surface area contributed by atoms with Gasteiger partial charge in [-0.15, -0.1) is 0 Å². The van der Waals surface area contributed by atoms with Crippen LogP contribution in [0.15, 0.2) is 36.5 Å². The van der Waals surface area contributed by atoms with Crippen LogP contribution in [0.2, 0.25) is 0 Å². The normalized spacial score (nSPS) is 10.1. The van der Waals surface area contributed by atoms with Gasteiger partial charge in [-0.2, -0.15) is 0 Å². The number of carboxylic acid groups (broad SMARTS) is 1. The summed E-state index contributed by atoms with van der Waals surface area (Å²) in [6.07, 6.45) is 9.63. The molecule has 142 valence electrons. The fraction of sp³-hybridized carbons (Fsp3) is 0.526. The monoisotopic (exact) mass is 354 g/mol. The van der Waals surface area contributed by atoms with Crippen molar-refractivity contribution in [2.75, 3.05) is 13.7 Å². The Bertz CT molecular complexity index is 476. The molecular weight excluding hydrogens is 324 g/mol. The minimum atomic E-state index is -1.08. The van der Waals surface area contributed by atoms with Crippen molar-refractivity contribution in [3.8, 4) is 0 Å². The van der Waals surface area contributed by atoms with Gasteiger partial charge in [0.25, 0.3) is 0 Å². The highest BCUT2D eigenvalue weighted by atomic mass is 16.5. The Kier molecular flexibility index (Phi) is 16.4. The van der Waals surface area contributed by atoms with Gasteiger partial charge >= 0.3 is 17.9 Å². The molecule has 0 amide bonds. The van der Waals surface area contributed by atoms with Crippen LogP contribution in [0.4, 0.5) is 0 Å². The first-order valence-corrected chi connectivity index (χ1v) is 8.28. The van der Waals surface area contributed by atoms with Gasteiger partial charge in [0.15, 0.2) is 0 Å². The predicted octanol–water partition coefficient (Wildman–Crippen LogP) is 3.82. The van der Waals surface area contributed by atoms with Crippen LogP contribution in [-0.4, -0.2) is 36.7 Å². The van der Waals surface area contributed by atoms with Gasteiger partial charge in [-0.1, -0.05) is 52.2 Å². The van der Waals surface area contributed by atoms with E-state index in [0.29, 0.717) is 6.61 Å². The molecule has 0 spiro atoms. The number of hydrogen-bond acceptors (Lipinski definition) is 5. The van der Waals surface area contributed by atoms with E-state index in [9.17, 15) is 14.4 Å². The van der Waals surface area contributed by atoms with E-state index in [1.165, 1.54) is 45.8 Å². The number of aliphatic carboxylic acids is 1. The number of rotatable bonds is 11. The van der Waals surface area contributed by atoms with Crippen molar-refractivity contribution >= 4 is 17.9 Å². The molecule has 1 N–H and O–H groups in total. The molecule has 0 atom stereocenters. The molecule has 0 saturated carbocycles. The second-order valence-corrected chi connectivity index (χ2v) is 5.29. The Morgan fingerprint density at radius 2 is 1.64 bits per heavy atom. The molecule has 0 aliphatic carbocycles. The molecule has 6 nitrogen and oxygen atoms in total. The Hall–Kier alpha value is -2.37. The standard InChI is InChI=1S/C11H20O2.C8H10O4/c1-3-5-6-7-8-9-10-13-11(12)4-2;1-5(7(9)10)4-6(2)8(11)12-3/h4H,2-3,5-10H2,1H3;4H,2H2,1,3H3,(H,9,10). The lowest BCUT2D eigenvalue weighted by molar-refractivity contribution is -0.138. The second-order valence-electron chi connectivity index (χ2n) is 5.29. The van der Waals surface area contributed by atoms with Crippen LogP contribution in [0.1, 0.15) is 52.4 Å². The zero-order chi connectivity index (χ0) is 19.7. The highest BCUT2D eigenvalue weighted by molar-refractivity contribution is 5.94. The maximum atomic E-state index is 10.7. The number of carbonyl (C=O) groups excluding carboxylic acids is 2. The van der Waals surface area contributed by atoms with E-state index in [0.717, 1.165) is 18.9 Å². The van der Waals surface area contributed by atoms with Crippen molar-refractivity contribution in [3.05, 3.63) is 36.5 Å². The van der Waals surface area contributed by atoms with Crippen LogP contribution in [0.3, 0.4) is 0 Å². The Labute approximate surface area is 150 Å². The molecule has 0 radical (unpaired) electrons. The molecule has 0 bridgehead atoms. The highest BCUT2D eigenvalue weighted by Gasteiger charge is 2.06. The van der Waals surface area contributed by atoms with Gasteiger partial charge in [0.05, 0.1) is 19.3 Å². The summed E-state index contributed by atoms with van der Waals surface area (Å²) >= 11 is 0. The van der Waals surface area contributed by atoms with Crippen molar-refractivity contribution in [2.24, 2.45) is 0 Å². The van der Waals surface area contributed by atoms with Crippen molar-refractivity contribution in [3.63, 3.8) is 0 Å². The number of carboxylic acids is 1. The lowest BCUT2D eigenvalue weighted by Gasteiger charge is -2.01. The number of methoxy groups -OCH3 is 1. The first kappa shape index (κ1) is 24.9. The topological polar surface area (TPSA) is 89.9 Å². The predicted molar refractivity (Wildman–Crippen MR) is 97.1 cm³/mol. The molecule has 0 aromatic rings. The lowest BCUT2D eigenvalue weighted by atomic mass is 10.1. The van der Waals surface area contributed by atoms with Crippen LogP contribution in [0.5, 0.6) is 0 Å². The van der Waals surface area contributed by atoms with Gasteiger partial charge in [-0.3, -0.25) is 0 Å².